The number of hydrazone groups is 1. The van der Waals surface area contributed by atoms with Crippen molar-refractivity contribution < 1.29 is 14.4 Å². The van der Waals surface area contributed by atoms with Crippen molar-refractivity contribution in [2.24, 2.45) is 5.10 Å². The van der Waals surface area contributed by atoms with Crippen LogP contribution in [0.1, 0.15) is 32.6 Å². The molecule has 0 fully saturated rings. The zero-order valence-corrected chi connectivity index (χ0v) is 17.6. The topological polar surface area (TPSA) is 90.9 Å². The molecule has 1 heterocycles. The maximum Gasteiger partial charge on any atom is 0.255 e. The first-order valence-electron chi connectivity index (χ1n) is 9.83. The third-order valence-corrected chi connectivity index (χ3v) is 5.30. The van der Waals surface area contributed by atoms with E-state index in [2.05, 4.69) is 15.7 Å². The standard InChI is InChI=1S/C22H24N4O3S/c1-2-3-12-20(27)23-16-8-7-11-18(13-16)30-15-21(28)24-19-14-22(29)26(25-19)17-9-5-4-6-10-17/h4-11,13H,2-3,12,14-15H2,1H3,(H,23,27)(H,24,25,28). The highest BCUT2D eigenvalue weighted by molar-refractivity contribution is 8.00. The number of hydrogen-bond acceptors (Lipinski definition) is 5. The van der Waals surface area contributed by atoms with Crippen LogP contribution in [0.25, 0.3) is 0 Å². The minimum absolute atomic E-state index is 0.0105. The number of anilines is 2. The summed E-state index contributed by atoms with van der Waals surface area (Å²) in [5.41, 5.74) is 1.38. The lowest BCUT2D eigenvalue weighted by molar-refractivity contribution is -0.117. The molecule has 0 unspecified atom stereocenters. The SMILES string of the molecule is CCCCC(=O)Nc1cccc(SCC(=O)NC2=NN(c3ccccc3)C(=O)C2)c1. The third-order valence-electron chi connectivity index (χ3n) is 4.31. The van der Waals surface area contributed by atoms with Gasteiger partial charge in [0.25, 0.3) is 5.91 Å². The van der Waals surface area contributed by atoms with Gasteiger partial charge in [0.2, 0.25) is 11.8 Å². The van der Waals surface area contributed by atoms with Crippen LogP contribution in [0.5, 0.6) is 0 Å². The molecule has 156 valence electrons. The summed E-state index contributed by atoms with van der Waals surface area (Å²) in [7, 11) is 0. The van der Waals surface area contributed by atoms with Gasteiger partial charge in [-0.15, -0.1) is 11.8 Å². The first kappa shape index (κ1) is 21.6. The maximum atomic E-state index is 12.3. The molecule has 0 atom stereocenters. The Balaban J connectivity index is 1.51. The molecule has 2 aromatic carbocycles. The van der Waals surface area contributed by atoms with Gasteiger partial charge >= 0.3 is 0 Å². The Morgan fingerprint density at radius 3 is 2.63 bits per heavy atom. The summed E-state index contributed by atoms with van der Waals surface area (Å²) in [6.45, 7) is 2.04. The number of unbranched alkanes of at least 4 members (excludes halogenated alkanes) is 1. The van der Waals surface area contributed by atoms with E-state index in [1.165, 1.54) is 16.8 Å². The number of amides is 3. The first-order chi connectivity index (χ1) is 14.5. The van der Waals surface area contributed by atoms with E-state index in [1.807, 2.05) is 49.4 Å². The van der Waals surface area contributed by atoms with Gasteiger partial charge in [-0.05, 0) is 36.8 Å². The highest BCUT2D eigenvalue weighted by Gasteiger charge is 2.26. The predicted octanol–water partition coefficient (Wildman–Crippen LogP) is 3.77. The van der Waals surface area contributed by atoms with E-state index in [0.717, 1.165) is 17.7 Å². The number of hydrogen-bond donors (Lipinski definition) is 2. The van der Waals surface area contributed by atoms with Crippen LogP contribution in [-0.4, -0.2) is 29.3 Å². The molecule has 8 heteroatoms. The Labute approximate surface area is 179 Å². The van der Waals surface area contributed by atoms with E-state index in [0.29, 0.717) is 23.6 Å². The Hall–Kier alpha value is -3.13. The van der Waals surface area contributed by atoms with Crippen LogP contribution in [-0.2, 0) is 14.4 Å². The Morgan fingerprint density at radius 1 is 1.07 bits per heavy atom. The predicted molar refractivity (Wildman–Crippen MR) is 119 cm³/mol. The average Bonchev–Trinajstić information content (AvgIpc) is 3.11. The first-order valence-corrected chi connectivity index (χ1v) is 10.8. The quantitative estimate of drug-likeness (QED) is 0.631. The van der Waals surface area contributed by atoms with Crippen LogP contribution < -0.4 is 15.6 Å². The van der Waals surface area contributed by atoms with Crippen LogP contribution >= 0.6 is 11.8 Å². The second-order valence-electron chi connectivity index (χ2n) is 6.78. The molecule has 0 saturated carbocycles. The molecule has 2 N–H and O–H groups in total. The van der Waals surface area contributed by atoms with Gasteiger partial charge in [0, 0.05) is 17.0 Å². The van der Waals surface area contributed by atoms with Crippen molar-refractivity contribution in [3.63, 3.8) is 0 Å². The van der Waals surface area contributed by atoms with Crippen molar-refractivity contribution >= 4 is 46.7 Å². The van der Waals surface area contributed by atoms with Gasteiger partial charge in [0.05, 0.1) is 17.9 Å². The van der Waals surface area contributed by atoms with Crippen LogP contribution in [0.3, 0.4) is 0 Å². The monoisotopic (exact) mass is 424 g/mol. The molecule has 2 aromatic rings. The van der Waals surface area contributed by atoms with Crippen molar-refractivity contribution in [2.75, 3.05) is 16.1 Å². The van der Waals surface area contributed by atoms with Crippen molar-refractivity contribution in [1.82, 2.24) is 5.32 Å². The molecule has 0 saturated heterocycles. The van der Waals surface area contributed by atoms with Gasteiger partial charge in [-0.1, -0.05) is 37.6 Å². The van der Waals surface area contributed by atoms with Crippen molar-refractivity contribution in [1.29, 1.82) is 0 Å². The van der Waals surface area contributed by atoms with E-state index >= 15 is 0 Å². The molecule has 30 heavy (non-hydrogen) atoms. The molecule has 3 amide bonds. The number of nitrogens with zero attached hydrogens (tertiary/aromatic N) is 2. The van der Waals surface area contributed by atoms with E-state index in [9.17, 15) is 14.4 Å². The summed E-state index contributed by atoms with van der Waals surface area (Å²) in [4.78, 5) is 37.2. The fourth-order valence-corrected chi connectivity index (χ4v) is 3.60. The van der Waals surface area contributed by atoms with Gasteiger partial charge < -0.3 is 10.6 Å². The van der Waals surface area contributed by atoms with Crippen LogP contribution in [0, 0.1) is 0 Å². The third kappa shape index (κ3) is 6.18. The van der Waals surface area contributed by atoms with Crippen molar-refractivity contribution in [3.05, 3.63) is 54.6 Å². The Morgan fingerprint density at radius 2 is 1.87 bits per heavy atom. The van der Waals surface area contributed by atoms with Crippen LogP contribution in [0.15, 0.2) is 64.6 Å². The summed E-state index contributed by atoms with van der Waals surface area (Å²) in [5.74, 6) is 0.0794. The van der Waals surface area contributed by atoms with E-state index in [-0.39, 0.29) is 29.9 Å². The van der Waals surface area contributed by atoms with E-state index in [4.69, 9.17) is 0 Å². The maximum absolute atomic E-state index is 12.3. The Bertz CT molecular complexity index is 946. The normalized spacial score (nSPS) is 13.2. The lowest BCUT2D eigenvalue weighted by Crippen LogP contribution is -2.31. The Kier molecular flexibility index (Phi) is 7.62. The molecular formula is C22H24N4O3S. The molecule has 3 rings (SSSR count). The molecule has 0 radical (unpaired) electrons. The van der Waals surface area contributed by atoms with Gasteiger partial charge in [-0.25, -0.2) is 0 Å². The highest BCUT2D eigenvalue weighted by Crippen LogP contribution is 2.22. The largest absolute Gasteiger partial charge is 0.326 e. The molecule has 0 bridgehead atoms. The molecule has 0 aliphatic carbocycles. The number of nitrogens with one attached hydrogen (secondary N) is 2. The second kappa shape index (κ2) is 10.6. The molecular weight excluding hydrogens is 400 g/mol. The fraction of sp³-hybridized carbons (Fsp3) is 0.273. The number of carbonyl (C=O) groups is 3. The number of thioether (sulfide) groups is 1. The van der Waals surface area contributed by atoms with Crippen molar-refractivity contribution in [3.8, 4) is 0 Å². The molecule has 0 spiro atoms. The molecule has 1 aliphatic heterocycles. The van der Waals surface area contributed by atoms with E-state index < -0.39 is 0 Å². The summed E-state index contributed by atoms with van der Waals surface area (Å²) >= 11 is 1.35. The molecule has 7 nitrogen and oxygen atoms in total. The number of benzene rings is 2. The lowest BCUT2D eigenvalue weighted by atomic mass is 10.2. The van der Waals surface area contributed by atoms with Gasteiger partial charge in [0.1, 0.15) is 5.84 Å². The van der Waals surface area contributed by atoms with Gasteiger partial charge in [-0.2, -0.15) is 10.1 Å². The van der Waals surface area contributed by atoms with Gasteiger partial charge in [-0.3, -0.25) is 14.4 Å². The number of para-hydroxylation sites is 1. The summed E-state index contributed by atoms with van der Waals surface area (Å²) < 4.78 is 0. The summed E-state index contributed by atoms with van der Waals surface area (Å²) in [5, 5.41) is 11.1. The lowest BCUT2D eigenvalue weighted by Gasteiger charge is -2.10. The summed E-state index contributed by atoms with van der Waals surface area (Å²) in [6, 6.07) is 16.5. The summed E-state index contributed by atoms with van der Waals surface area (Å²) in [6.07, 6.45) is 2.38. The zero-order valence-electron chi connectivity index (χ0n) is 16.8. The molecule has 0 aromatic heterocycles. The average molecular weight is 425 g/mol. The zero-order chi connectivity index (χ0) is 21.3. The fourth-order valence-electron chi connectivity index (χ4n) is 2.84. The van der Waals surface area contributed by atoms with Gasteiger partial charge in [0.15, 0.2) is 0 Å². The van der Waals surface area contributed by atoms with Crippen LogP contribution in [0.2, 0.25) is 0 Å². The minimum Gasteiger partial charge on any atom is -0.326 e. The minimum atomic E-state index is -0.237. The smallest absolute Gasteiger partial charge is 0.255 e. The number of carbonyl (C=O) groups excluding carboxylic acids is 3. The van der Waals surface area contributed by atoms with Crippen LogP contribution in [0.4, 0.5) is 11.4 Å². The van der Waals surface area contributed by atoms with Crippen molar-refractivity contribution in [2.45, 2.75) is 37.5 Å². The highest BCUT2D eigenvalue weighted by atomic mass is 32.2. The van der Waals surface area contributed by atoms with E-state index in [1.54, 1.807) is 12.1 Å². The second-order valence-corrected chi connectivity index (χ2v) is 7.83. The number of rotatable bonds is 8. The molecule has 1 aliphatic rings. The number of amidine groups is 1.